The third-order valence-corrected chi connectivity index (χ3v) is 4.05. The van der Waals surface area contributed by atoms with Crippen LogP contribution < -0.4 is 11.1 Å². The number of nitrogens with one attached hydrogen (secondary N) is 1. The highest BCUT2D eigenvalue weighted by Gasteiger charge is 2.32. The fraction of sp³-hybridized carbons (Fsp3) is 0.462. The summed E-state index contributed by atoms with van der Waals surface area (Å²) in [7, 11) is 0. The number of thioether (sulfide) groups is 1. The highest BCUT2D eigenvalue weighted by Crippen LogP contribution is 2.28. The van der Waals surface area contributed by atoms with Crippen LogP contribution in [-0.4, -0.2) is 24.2 Å². The van der Waals surface area contributed by atoms with Crippen molar-refractivity contribution < 1.29 is 4.79 Å². The molecule has 0 aromatic heterocycles. The Morgan fingerprint density at radius 2 is 2.06 bits per heavy atom. The van der Waals surface area contributed by atoms with Crippen molar-refractivity contribution in [2.24, 2.45) is 5.73 Å². The summed E-state index contributed by atoms with van der Waals surface area (Å²) < 4.78 is 0. The van der Waals surface area contributed by atoms with Crippen molar-refractivity contribution in [2.45, 2.75) is 29.7 Å². The zero-order valence-corrected chi connectivity index (χ0v) is 10.8. The molecule has 0 atom stereocenters. The minimum absolute atomic E-state index is 0.0330. The number of rotatable bonds is 4. The van der Waals surface area contributed by atoms with Crippen LogP contribution >= 0.6 is 11.8 Å². The summed E-state index contributed by atoms with van der Waals surface area (Å²) in [5.74, 6) is -0.0330. The molecule has 3 N–H and O–H groups in total. The molecule has 0 saturated heterocycles. The predicted molar refractivity (Wildman–Crippen MR) is 71.3 cm³/mol. The zero-order chi connectivity index (χ0) is 12.3. The summed E-state index contributed by atoms with van der Waals surface area (Å²) in [6.45, 7) is 0.579. The van der Waals surface area contributed by atoms with Gasteiger partial charge in [-0.2, -0.15) is 0 Å². The summed E-state index contributed by atoms with van der Waals surface area (Å²) in [6.07, 6.45) is 5.22. The van der Waals surface area contributed by atoms with Gasteiger partial charge in [-0.25, -0.2) is 0 Å². The molecule has 92 valence electrons. The molecule has 0 heterocycles. The largest absolute Gasteiger partial charge is 0.350 e. The van der Waals surface area contributed by atoms with Crippen molar-refractivity contribution in [3.05, 3.63) is 29.8 Å². The molecule has 2 rings (SSSR count). The van der Waals surface area contributed by atoms with E-state index in [4.69, 9.17) is 5.73 Å². The van der Waals surface area contributed by atoms with E-state index in [-0.39, 0.29) is 11.4 Å². The van der Waals surface area contributed by atoms with E-state index in [2.05, 4.69) is 5.32 Å². The third-order valence-electron chi connectivity index (χ3n) is 3.30. The van der Waals surface area contributed by atoms with Crippen LogP contribution in [0.2, 0.25) is 0 Å². The Balaban J connectivity index is 1.90. The van der Waals surface area contributed by atoms with Crippen LogP contribution in [0, 0.1) is 0 Å². The SMILES string of the molecule is CSc1ccc(C(=O)NCC2(N)CCC2)cc1. The summed E-state index contributed by atoms with van der Waals surface area (Å²) in [4.78, 5) is 13.0. The molecule has 3 nitrogen and oxygen atoms in total. The first-order chi connectivity index (χ1) is 8.13. The second kappa shape index (κ2) is 5.10. The standard InChI is InChI=1S/C13H18N2OS/c1-17-11-5-3-10(4-6-11)12(16)15-9-13(14)7-2-8-13/h3-6H,2,7-9,14H2,1H3,(H,15,16). The summed E-state index contributed by atoms with van der Waals surface area (Å²) in [5.41, 5.74) is 6.60. The van der Waals surface area contributed by atoms with Crippen molar-refractivity contribution in [3.8, 4) is 0 Å². The number of benzene rings is 1. The average molecular weight is 250 g/mol. The Morgan fingerprint density at radius 3 is 2.53 bits per heavy atom. The Labute approximate surface area is 106 Å². The number of carbonyl (C=O) groups is 1. The van der Waals surface area contributed by atoms with Crippen molar-refractivity contribution in [3.63, 3.8) is 0 Å². The lowest BCUT2D eigenvalue weighted by atomic mass is 9.78. The Bertz CT molecular complexity index is 398. The lowest BCUT2D eigenvalue weighted by Gasteiger charge is -2.38. The van der Waals surface area contributed by atoms with Gasteiger partial charge in [0.25, 0.3) is 5.91 Å². The number of amides is 1. The number of hydrogen-bond donors (Lipinski definition) is 2. The molecule has 1 fully saturated rings. The van der Waals surface area contributed by atoms with E-state index in [0.717, 1.165) is 17.7 Å². The van der Waals surface area contributed by atoms with E-state index in [1.807, 2.05) is 30.5 Å². The van der Waals surface area contributed by atoms with Gasteiger partial charge in [0.2, 0.25) is 0 Å². The van der Waals surface area contributed by atoms with Crippen molar-refractivity contribution in [1.29, 1.82) is 0 Å². The Kier molecular flexibility index (Phi) is 3.74. The normalized spacial score (nSPS) is 17.3. The van der Waals surface area contributed by atoms with E-state index in [9.17, 15) is 4.79 Å². The fourth-order valence-electron chi connectivity index (χ4n) is 1.91. The number of carbonyl (C=O) groups excluding carboxylic acids is 1. The smallest absolute Gasteiger partial charge is 0.251 e. The molecule has 4 heteroatoms. The highest BCUT2D eigenvalue weighted by molar-refractivity contribution is 7.98. The molecule has 0 bridgehead atoms. The summed E-state index contributed by atoms with van der Waals surface area (Å²) in [5, 5.41) is 2.91. The van der Waals surface area contributed by atoms with Crippen LogP contribution in [0.15, 0.2) is 29.2 Å². The highest BCUT2D eigenvalue weighted by atomic mass is 32.2. The van der Waals surface area contributed by atoms with Gasteiger partial charge < -0.3 is 11.1 Å². The van der Waals surface area contributed by atoms with Gasteiger partial charge in [-0.15, -0.1) is 11.8 Å². The first-order valence-corrected chi connectivity index (χ1v) is 7.07. The van der Waals surface area contributed by atoms with E-state index < -0.39 is 0 Å². The molecule has 1 saturated carbocycles. The lowest BCUT2D eigenvalue weighted by molar-refractivity contribution is 0.0929. The van der Waals surface area contributed by atoms with E-state index in [1.165, 1.54) is 6.42 Å². The van der Waals surface area contributed by atoms with E-state index in [0.29, 0.717) is 12.1 Å². The van der Waals surface area contributed by atoms with Crippen LogP contribution in [0.4, 0.5) is 0 Å². The minimum atomic E-state index is -0.158. The second-order valence-electron chi connectivity index (χ2n) is 4.63. The van der Waals surface area contributed by atoms with E-state index >= 15 is 0 Å². The van der Waals surface area contributed by atoms with Gasteiger partial charge in [0.1, 0.15) is 0 Å². The molecule has 1 amide bonds. The molecular formula is C13H18N2OS. The van der Waals surface area contributed by atoms with Gasteiger partial charge in [-0.3, -0.25) is 4.79 Å². The summed E-state index contributed by atoms with van der Waals surface area (Å²) in [6, 6.07) is 7.62. The molecular weight excluding hydrogens is 232 g/mol. The topological polar surface area (TPSA) is 55.1 Å². The first-order valence-electron chi connectivity index (χ1n) is 5.84. The minimum Gasteiger partial charge on any atom is -0.350 e. The molecule has 1 aliphatic carbocycles. The van der Waals surface area contributed by atoms with Crippen LogP contribution in [0.3, 0.4) is 0 Å². The second-order valence-corrected chi connectivity index (χ2v) is 5.51. The maximum atomic E-state index is 11.9. The molecule has 0 unspecified atom stereocenters. The van der Waals surface area contributed by atoms with Gasteiger partial charge in [0.15, 0.2) is 0 Å². The van der Waals surface area contributed by atoms with Crippen molar-refractivity contribution >= 4 is 17.7 Å². The first kappa shape index (κ1) is 12.5. The van der Waals surface area contributed by atoms with Gasteiger partial charge >= 0.3 is 0 Å². The van der Waals surface area contributed by atoms with Crippen molar-refractivity contribution in [2.75, 3.05) is 12.8 Å². The Morgan fingerprint density at radius 1 is 1.41 bits per heavy atom. The quantitative estimate of drug-likeness (QED) is 0.804. The molecule has 1 aromatic carbocycles. The maximum Gasteiger partial charge on any atom is 0.251 e. The van der Waals surface area contributed by atoms with Gasteiger partial charge in [-0.05, 0) is 49.8 Å². The summed E-state index contributed by atoms with van der Waals surface area (Å²) >= 11 is 1.67. The molecule has 0 radical (unpaired) electrons. The zero-order valence-electron chi connectivity index (χ0n) is 10.0. The third kappa shape index (κ3) is 3.01. The molecule has 1 aliphatic rings. The van der Waals surface area contributed by atoms with Gasteiger partial charge in [0.05, 0.1) is 0 Å². The van der Waals surface area contributed by atoms with E-state index in [1.54, 1.807) is 11.8 Å². The molecule has 17 heavy (non-hydrogen) atoms. The lowest BCUT2D eigenvalue weighted by Crippen LogP contribution is -2.54. The molecule has 0 spiro atoms. The van der Waals surface area contributed by atoms with Gasteiger partial charge in [0, 0.05) is 22.5 Å². The monoisotopic (exact) mass is 250 g/mol. The number of hydrogen-bond acceptors (Lipinski definition) is 3. The molecule has 1 aromatic rings. The average Bonchev–Trinajstić information content (AvgIpc) is 2.33. The van der Waals surface area contributed by atoms with Crippen LogP contribution in [-0.2, 0) is 0 Å². The Hall–Kier alpha value is -1.00. The fourth-order valence-corrected chi connectivity index (χ4v) is 2.32. The molecule has 0 aliphatic heterocycles. The van der Waals surface area contributed by atoms with Crippen LogP contribution in [0.25, 0.3) is 0 Å². The maximum absolute atomic E-state index is 11.9. The van der Waals surface area contributed by atoms with Crippen LogP contribution in [0.1, 0.15) is 29.6 Å². The van der Waals surface area contributed by atoms with Crippen molar-refractivity contribution in [1.82, 2.24) is 5.32 Å². The predicted octanol–water partition coefficient (Wildman–Crippen LogP) is 2.02. The van der Waals surface area contributed by atoms with Gasteiger partial charge in [-0.1, -0.05) is 0 Å². The number of nitrogens with two attached hydrogens (primary N) is 1. The van der Waals surface area contributed by atoms with Crippen LogP contribution in [0.5, 0.6) is 0 Å².